The summed E-state index contributed by atoms with van der Waals surface area (Å²) in [5.74, 6) is -0.528. The number of nitrogens with one attached hydrogen (secondary N) is 1. The molecule has 2 atom stereocenters. The van der Waals surface area contributed by atoms with Gasteiger partial charge in [-0.05, 0) is 48.4 Å². The van der Waals surface area contributed by atoms with Crippen LogP contribution < -0.4 is 11.1 Å². The van der Waals surface area contributed by atoms with Crippen LogP contribution in [0.1, 0.15) is 42.5 Å². The third-order valence-electron chi connectivity index (χ3n) is 5.20. The summed E-state index contributed by atoms with van der Waals surface area (Å²) < 4.78 is 0. The van der Waals surface area contributed by atoms with Crippen molar-refractivity contribution in [2.75, 3.05) is 17.6 Å². The van der Waals surface area contributed by atoms with Gasteiger partial charge in [0.15, 0.2) is 0 Å². The average Bonchev–Trinajstić information content (AvgIpc) is 2.70. The Morgan fingerprint density at radius 3 is 2.64 bits per heavy atom. The first-order chi connectivity index (χ1) is 13.4. The van der Waals surface area contributed by atoms with Crippen LogP contribution in [0.4, 0.5) is 11.5 Å². The molecule has 4 N–H and O–H groups in total. The van der Waals surface area contributed by atoms with Gasteiger partial charge < -0.3 is 21.1 Å². The zero-order valence-corrected chi connectivity index (χ0v) is 16.2. The van der Waals surface area contributed by atoms with Crippen molar-refractivity contribution in [1.29, 1.82) is 0 Å². The van der Waals surface area contributed by atoms with E-state index in [1.54, 1.807) is 17.9 Å². The summed E-state index contributed by atoms with van der Waals surface area (Å²) >= 11 is 0. The van der Waals surface area contributed by atoms with Gasteiger partial charge in [-0.15, -0.1) is 0 Å². The molecule has 148 valence electrons. The van der Waals surface area contributed by atoms with Gasteiger partial charge in [0.2, 0.25) is 0 Å². The lowest BCUT2D eigenvalue weighted by atomic mass is 9.89. The van der Waals surface area contributed by atoms with E-state index in [4.69, 9.17) is 5.73 Å². The van der Waals surface area contributed by atoms with Gasteiger partial charge >= 0.3 is 11.8 Å². The molecule has 1 aromatic heterocycles. The van der Waals surface area contributed by atoms with Crippen LogP contribution in [0.15, 0.2) is 36.5 Å². The second-order valence-electron chi connectivity index (χ2n) is 7.44. The van der Waals surface area contributed by atoms with Crippen LogP contribution in [0.3, 0.4) is 0 Å². The second kappa shape index (κ2) is 8.39. The number of amides is 2. The van der Waals surface area contributed by atoms with Gasteiger partial charge in [0.1, 0.15) is 5.82 Å². The molecule has 7 heteroatoms. The summed E-state index contributed by atoms with van der Waals surface area (Å²) in [4.78, 5) is 31.2. The predicted molar refractivity (Wildman–Crippen MR) is 107 cm³/mol. The molecule has 1 saturated heterocycles. The number of likely N-dealkylation sites (tertiary alicyclic amines) is 1. The monoisotopic (exact) mass is 382 g/mol. The molecule has 2 amide bonds. The smallest absolute Gasteiger partial charge is 0.313 e. The van der Waals surface area contributed by atoms with Crippen molar-refractivity contribution in [3.63, 3.8) is 0 Å². The number of aryl methyl sites for hydroxylation is 1. The molecule has 2 heterocycles. The highest BCUT2D eigenvalue weighted by molar-refractivity contribution is 6.39. The van der Waals surface area contributed by atoms with E-state index in [-0.39, 0.29) is 12.6 Å². The minimum absolute atomic E-state index is 0.0257. The summed E-state index contributed by atoms with van der Waals surface area (Å²) in [5.41, 5.74) is 8.66. The molecule has 3 rings (SSSR count). The number of hydrogen-bond acceptors (Lipinski definition) is 5. The van der Waals surface area contributed by atoms with E-state index in [0.717, 1.165) is 29.5 Å². The number of nitrogens with two attached hydrogens (primary N) is 1. The summed E-state index contributed by atoms with van der Waals surface area (Å²) in [6, 6.07) is 9.05. The maximum Gasteiger partial charge on any atom is 0.313 e. The molecule has 0 bridgehead atoms. The number of rotatable bonds is 3. The number of anilines is 2. The van der Waals surface area contributed by atoms with Crippen LogP contribution in [0, 0.1) is 12.8 Å². The minimum Gasteiger partial charge on any atom is -0.392 e. The Hall–Kier alpha value is -2.93. The largest absolute Gasteiger partial charge is 0.392 e. The lowest BCUT2D eigenvalue weighted by Crippen LogP contribution is -2.46. The van der Waals surface area contributed by atoms with Gasteiger partial charge in [-0.2, -0.15) is 0 Å². The normalized spacial score (nSPS) is 19.3. The van der Waals surface area contributed by atoms with Gasteiger partial charge in [0.05, 0.1) is 24.5 Å². The number of carbonyl (C=O) groups is 2. The summed E-state index contributed by atoms with van der Waals surface area (Å²) in [6.45, 7) is 4.37. The molecule has 0 saturated carbocycles. The van der Waals surface area contributed by atoms with E-state index < -0.39 is 11.8 Å². The van der Waals surface area contributed by atoms with Crippen LogP contribution >= 0.6 is 0 Å². The summed E-state index contributed by atoms with van der Waals surface area (Å²) in [5, 5.41) is 11.9. The molecule has 0 aliphatic carbocycles. The second-order valence-corrected chi connectivity index (χ2v) is 7.44. The molecule has 1 aliphatic rings. The van der Waals surface area contributed by atoms with E-state index in [2.05, 4.69) is 17.2 Å². The fourth-order valence-electron chi connectivity index (χ4n) is 3.54. The molecule has 2 aromatic rings. The number of aliphatic hydroxyl groups excluding tert-OH is 1. The van der Waals surface area contributed by atoms with Gasteiger partial charge in [0.25, 0.3) is 0 Å². The molecule has 1 aliphatic heterocycles. The maximum absolute atomic E-state index is 12.9. The van der Waals surface area contributed by atoms with Crippen molar-refractivity contribution in [3.8, 4) is 0 Å². The third kappa shape index (κ3) is 4.31. The fourth-order valence-corrected chi connectivity index (χ4v) is 3.54. The van der Waals surface area contributed by atoms with Crippen molar-refractivity contribution in [2.24, 2.45) is 5.92 Å². The molecule has 0 radical (unpaired) electrons. The van der Waals surface area contributed by atoms with Crippen LogP contribution in [-0.2, 0) is 16.2 Å². The molecular formula is C21H26N4O3. The van der Waals surface area contributed by atoms with Gasteiger partial charge in [-0.25, -0.2) is 4.98 Å². The van der Waals surface area contributed by atoms with Crippen molar-refractivity contribution in [3.05, 3.63) is 53.2 Å². The highest BCUT2D eigenvalue weighted by Crippen LogP contribution is 2.33. The van der Waals surface area contributed by atoms with Crippen molar-refractivity contribution >= 4 is 23.3 Å². The quantitative estimate of drug-likeness (QED) is 0.707. The van der Waals surface area contributed by atoms with Gasteiger partial charge in [0, 0.05) is 6.54 Å². The molecule has 0 unspecified atom stereocenters. The fraction of sp³-hybridized carbons (Fsp3) is 0.381. The average molecular weight is 382 g/mol. The van der Waals surface area contributed by atoms with Crippen LogP contribution in [0.2, 0.25) is 0 Å². The van der Waals surface area contributed by atoms with E-state index in [1.165, 1.54) is 6.20 Å². The minimum atomic E-state index is -0.683. The highest BCUT2D eigenvalue weighted by Gasteiger charge is 2.34. The number of aromatic nitrogens is 1. The number of piperidine rings is 1. The summed E-state index contributed by atoms with van der Waals surface area (Å²) in [6.07, 6.45) is 3.22. The van der Waals surface area contributed by atoms with E-state index >= 15 is 0 Å². The van der Waals surface area contributed by atoms with E-state index in [0.29, 0.717) is 24.0 Å². The number of carbonyl (C=O) groups excluding carboxylic acids is 2. The first-order valence-corrected chi connectivity index (χ1v) is 9.42. The standard InChI is InChI=1S/C21H26N4O3/c1-13-3-8-18(16-6-4-15(12-26)5-7-16)25(11-13)21(28)20(27)24-17-9-14(2)19(22)23-10-17/h4-7,9-10,13,18,26H,3,8,11-12H2,1-2H3,(H2,22,23)(H,24,27)/t13-,18+/m0/s1. The van der Waals surface area contributed by atoms with Crippen LogP contribution in [0.5, 0.6) is 0 Å². The van der Waals surface area contributed by atoms with E-state index in [9.17, 15) is 14.7 Å². The number of benzene rings is 1. The third-order valence-corrected chi connectivity index (χ3v) is 5.20. The molecule has 1 fully saturated rings. The Bertz CT molecular complexity index is 866. The Morgan fingerprint density at radius 2 is 2.00 bits per heavy atom. The topological polar surface area (TPSA) is 109 Å². The molecule has 7 nitrogen and oxygen atoms in total. The predicted octanol–water partition coefficient (Wildman–Crippen LogP) is 2.40. The van der Waals surface area contributed by atoms with Crippen LogP contribution in [0.25, 0.3) is 0 Å². The molecule has 28 heavy (non-hydrogen) atoms. The van der Waals surface area contributed by atoms with Crippen molar-refractivity contribution in [2.45, 2.75) is 39.3 Å². The van der Waals surface area contributed by atoms with Gasteiger partial charge in [-0.1, -0.05) is 31.2 Å². The highest BCUT2D eigenvalue weighted by atomic mass is 16.3. The number of hydrogen-bond donors (Lipinski definition) is 3. The molecule has 0 spiro atoms. The lowest BCUT2D eigenvalue weighted by Gasteiger charge is -2.38. The first kappa shape index (κ1) is 19.8. The molecule has 1 aromatic carbocycles. The first-order valence-electron chi connectivity index (χ1n) is 9.42. The Labute approximate surface area is 164 Å². The Kier molecular flexibility index (Phi) is 5.94. The molecular weight excluding hydrogens is 356 g/mol. The SMILES string of the molecule is Cc1cc(NC(=O)C(=O)N2C[C@@H](C)CC[C@@H]2c2ccc(CO)cc2)cnc1N. The number of nitrogen functional groups attached to an aromatic ring is 1. The Balaban J connectivity index is 1.78. The van der Waals surface area contributed by atoms with Gasteiger partial charge in [-0.3, -0.25) is 9.59 Å². The van der Waals surface area contributed by atoms with Crippen molar-refractivity contribution in [1.82, 2.24) is 9.88 Å². The lowest BCUT2D eigenvalue weighted by molar-refractivity contribution is -0.146. The number of aliphatic hydroxyl groups is 1. The number of pyridine rings is 1. The zero-order chi connectivity index (χ0) is 20.3. The van der Waals surface area contributed by atoms with E-state index in [1.807, 2.05) is 24.3 Å². The number of nitrogens with zero attached hydrogens (tertiary/aromatic N) is 2. The maximum atomic E-state index is 12.9. The van der Waals surface area contributed by atoms with Crippen molar-refractivity contribution < 1.29 is 14.7 Å². The zero-order valence-electron chi connectivity index (χ0n) is 16.2. The van der Waals surface area contributed by atoms with Crippen LogP contribution in [-0.4, -0.2) is 33.3 Å². The Morgan fingerprint density at radius 1 is 1.29 bits per heavy atom. The summed E-state index contributed by atoms with van der Waals surface area (Å²) in [7, 11) is 0.